The number of ether oxygens (including phenoxy) is 2. The molecule has 0 amide bonds. The van der Waals surface area contributed by atoms with Gasteiger partial charge in [-0.15, -0.1) is 8.78 Å². The summed E-state index contributed by atoms with van der Waals surface area (Å²) in [6.07, 6.45) is -3.63. The SMILES string of the molecule is Nc1cc2c(cc1Cl)OC(F)(F)O2. The van der Waals surface area contributed by atoms with E-state index in [2.05, 4.69) is 9.47 Å². The van der Waals surface area contributed by atoms with Gasteiger partial charge in [0.15, 0.2) is 11.5 Å². The first-order chi connectivity index (χ1) is 5.98. The Morgan fingerprint density at radius 3 is 2.38 bits per heavy atom. The van der Waals surface area contributed by atoms with Crippen molar-refractivity contribution in [3.05, 3.63) is 17.2 Å². The Labute approximate surface area is 77.0 Å². The van der Waals surface area contributed by atoms with E-state index in [9.17, 15) is 8.78 Å². The Balaban J connectivity index is 2.48. The van der Waals surface area contributed by atoms with Crippen molar-refractivity contribution in [3.63, 3.8) is 0 Å². The van der Waals surface area contributed by atoms with Crippen LogP contribution in [0.2, 0.25) is 5.02 Å². The van der Waals surface area contributed by atoms with Crippen LogP contribution in [0.1, 0.15) is 0 Å². The molecule has 0 atom stereocenters. The molecule has 13 heavy (non-hydrogen) atoms. The molecule has 0 aliphatic carbocycles. The molecule has 70 valence electrons. The standard InChI is InChI=1S/C7H4ClF2NO2/c8-3-1-5-6(2-4(3)11)13-7(9,10)12-5/h1-2H,11H2. The van der Waals surface area contributed by atoms with Crippen LogP contribution in [0.25, 0.3) is 0 Å². The lowest BCUT2D eigenvalue weighted by molar-refractivity contribution is -0.286. The van der Waals surface area contributed by atoms with Crippen LogP contribution >= 0.6 is 11.6 Å². The number of benzene rings is 1. The third-order valence-corrected chi connectivity index (χ3v) is 1.85. The zero-order chi connectivity index (χ0) is 9.64. The summed E-state index contributed by atoms with van der Waals surface area (Å²) in [4.78, 5) is 0. The summed E-state index contributed by atoms with van der Waals surface area (Å²) >= 11 is 5.58. The Morgan fingerprint density at radius 2 is 1.77 bits per heavy atom. The smallest absolute Gasteiger partial charge is 0.397 e. The zero-order valence-electron chi connectivity index (χ0n) is 6.18. The molecule has 1 aliphatic rings. The molecule has 0 spiro atoms. The van der Waals surface area contributed by atoms with E-state index >= 15 is 0 Å². The van der Waals surface area contributed by atoms with Crippen molar-refractivity contribution in [3.8, 4) is 11.5 Å². The summed E-state index contributed by atoms with van der Waals surface area (Å²) < 4.78 is 33.2. The summed E-state index contributed by atoms with van der Waals surface area (Å²) in [7, 11) is 0. The predicted octanol–water partition coefficient (Wildman–Crippen LogP) is 2.24. The van der Waals surface area contributed by atoms with Crippen LogP contribution < -0.4 is 15.2 Å². The minimum absolute atomic E-state index is 0.105. The monoisotopic (exact) mass is 207 g/mol. The van der Waals surface area contributed by atoms with E-state index in [1.165, 1.54) is 12.1 Å². The molecule has 1 heterocycles. The van der Waals surface area contributed by atoms with Crippen molar-refractivity contribution in [2.24, 2.45) is 0 Å². The Kier molecular flexibility index (Phi) is 1.53. The molecule has 0 unspecified atom stereocenters. The Hall–Kier alpha value is -1.23. The van der Waals surface area contributed by atoms with E-state index in [0.29, 0.717) is 0 Å². The fourth-order valence-corrected chi connectivity index (χ4v) is 1.14. The topological polar surface area (TPSA) is 44.5 Å². The fourth-order valence-electron chi connectivity index (χ4n) is 0.987. The molecular formula is C7H4ClF2NO2. The van der Waals surface area contributed by atoms with Crippen molar-refractivity contribution in [2.45, 2.75) is 6.29 Å². The normalized spacial score (nSPS) is 17.5. The maximum absolute atomic E-state index is 12.5. The first-order valence-electron chi connectivity index (χ1n) is 3.33. The van der Waals surface area contributed by atoms with Gasteiger partial charge in [-0.3, -0.25) is 0 Å². The number of alkyl halides is 2. The summed E-state index contributed by atoms with van der Waals surface area (Å²) in [6, 6.07) is 2.38. The van der Waals surface area contributed by atoms with E-state index in [4.69, 9.17) is 17.3 Å². The van der Waals surface area contributed by atoms with Gasteiger partial charge in [-0.05, 0) is 0 Å². The van der Waals surface area contributed by atoms with Gasteiger partial charge >= 0.3 is 6.29 Å². The van der Waals surface area contributed by atoms with Crippen molar-refractivity contribution in [1.29, 1.82) is 0 Å². The first-order valence-corrected chi connectivity index (χ1v) is 3.70. The van der Waals surface area contributed by atoms with Gasteiger partial charge in [0.05, 0.1) is 10.7 Å². The molecule has 0 aromatic heterocycles. The van der Waals surface area contributed by atoms with Gasteiger partial charge in [0.1, 0.15) is 0 Å². The van der Waals surface area contributed by atoms with E-state index in [1.807, 2.05) is 0 Å². The van der Waals surface area contributed by atoms with Crippen LogP contribution in [0.15, 0.2) is 12.1 Å². The van der Waals surface area contributed by atoms with E-state index in [-0.39, 0.29) is 22.2 Å². The van der Waals surface area contributed by atoms with Crippen molar-refractivity contribution < 1.29 is 18.3 Å². The van der Waals surface area contributed by atoms with Gasteiger partial charge < -0.3 is 15.2 Å². The number of nitrogen functional groups attached to an aromatic ring is 1. The van der Waals surface area contributed by atoms with Crippen LogP contribution in [0.5, 0.6) is 11.5 Å². The number of halogens is 3. The lowest BCUT2D eigenvalue weighted by Gasteiger charge is -2.04. The second-order valence-electron chi connectivity index (χ2n) is 2.49. The number of nitrogens with two attached hydrogens (primary N) is 1. The third-order valence-electron chi connectivity index (χ3n) is 1.52. The molecule has 0 saturated carbocycles. The molecule has 3 nitrogen and oxygen atoms in total. The fraction of sp³-hybridized carbons (Fsp3) is 0.143. The van der Waals surface area contributed by atoms with E-state index in [1.54, 1.807) is 0 Å². The summed E-state index contributed by atoms with van der Waals surface area (Å²) in [5, 5.41) is 0.153. The van der Waals surface area contributed by atoms with Crippen molar-refractivity contribution in [2.75, 3.05) is 5.73 Å². The number of fused-ring (bicyclic) bond motifs is 1. The highest BCUT2D eigenvalue weighted by Crippen LogP contribution is 2.44. The van der Waals surface area contributed by atoms with Crippen LogP contribution in [0, 0.1) is 0 Å². The highest BCUT2D eigenvalue weighted by Gasteiger charge is 2.43. The highest BCUT2D eigenvalue weighted by molar-refractivity contribution is 6.33. The maximum atomic E-state index is 12.5. The van der Waals surface area contributed by atoms with Gasteiger partial charge in [-0.25, -0.2) is 0 Å². The molecule has 2 rings (SSSR count). The first kappa shape index (κ1) is 8.37. The molecular weight excluding hydrogens is 204 g/mol. The van der Waals surface area contributed by atoms with Crippen molar-refractivity contribution in [1.82, 2.24) is 0 Å². The number of rotatable bonds is 0. The quantitative estimate of drug-likeness (QED) is 0.664. The van der Waals surface area contributed by atoms with Gasteiger partial charge in [-0.1, -0.05) is 11.6 Å². The zero-order valence-corrected chi connectivity index (χ0v) is 6.94. The van der Waals surface area contributed by atoms with Crippen LogP contribution in [-0.2, 0) is 0 Å². The van der Waals surface area contributed by atoms with Crippen molar-refractivity contribution >= 4 is 17.3 Å². The molecule has 1 aliphatic heterocycles. The molecule has 0 radical (unpaired) electrons. The average molecular weight is 208 g/mol. The second kappa shape index (κ2) is 2.38. The largest absolute Gasteiger partial charge is 0.586 e. The molecule has 1 aromatic rings. The molecule has 6 heteroatoms. The summed E-state index contributed by atoms with van der Waals surface area (Å²) in [6.45, 7) is 0. The third kappa shape index (κ3) is 1.35. The van der Waals surface area contributed by atoms with Gasteiger partial charge in [0.25, 0.3) is 0 Å². The van der Waals surface area contributed by atoms with Crippen LogP contribution in [-0.4, -0.2) is 6.29 Å². The second-order valence-corrected chi connectivity index (χ2v) is 2.90. The lowest BCUT2D eigenvalue weighted by Crippen LogP contribution is -2.25. The van der Waals surface area contributed by atoms with E-state index in [0.717, 1.165) is 0 Å². The number of hydrogen-bond acceptors (Lipinski definition) is 3. The summed E-state index contributed by atoms with van der Waals surface area (Å²) in [5.41, 5.74) is 5.54. The van der Waals surface area contributed by atoms with Crippen LogP contribution in [0.3, 0.4) is 0 Å². The minimum atomic E-state index is -3.63. The lowest BCUT2D eigenvalue weighted by atomic mass is 10.3. The average Bonchev–Trinajstić information content (AvgIpc) is 2.24. The minimum Gasteiger partial charge on any atom is -0.397 e. The predicted molar refractivity (Wildman–Crippen MR) is 42.1 cm³/mol. The number of anilines is 1. The molecule has 2 N–H and O–H groups in total. The van der Waals surface area contributed by atoms with Gasteiger partial charge in [-0.2, -0.15) is 0 Å². The Bertz CT molecular complexity index is 337. The molecule has 0 fully saturated rings. The maximum Gasteiger partial charge on any atom is 0.586 e. The van der Waals surface area contributed by atoms with Gasteiger partial charge in [0, 0.05) is 12.1 Å². The summed E-state index contributed by atoms with van der Waals surface area (Å²) in [5.74, 6) is -0.212. The Morgan fingerprint density at radius 1 is 1.23 bits per heavy atom. The molecule has 0 bridgehead atoms. The van der Waals surface area contributed by atoms with Gasteiger partial charge in [0.2, 0.25) is 0 Å². The van der Waals surface area contributed by atoms with E-state index < -0.39 is 6.29 Å². The number of hydrogen-bond donors (Lipinski definition) is 1. The molecule has 0 saturated heterocycles. The van der Waals surface area contributed by atoms with Crippen LogP contribution in [0.4, 0.5) is 14.5 Å². The molecule has 1 aromatic carbocycles. The highest BCUT2D eigenvalue weighted by atomic mass is 35.5.